The highest BCUT2D eigenvalue weighted by Crippen LogP contribution is 2.22. The lowest BCUT2D eigenvalue weighted by molar-refractivity contribution is 0.717. The van der Waals surface area contributed by atoms with E-state index in [1.54, 1.807) is 0 Å². The smallest absolute Gasteiger partial charge is 0.0638 e. The second kappa shape index (κ2) is 5.10. The number of nitrogen functional groups attached to an aromatic ring is 1. The van der Waals surface area contributed by atoms with Gasteiger partial charge < -0.3 is 11.1 Å². The molecule has 0 spiro atoms. The molecule has 72 valence electrons. The van der Waals surface area contributed by atoms with Gasteiger partial charge in [-0.15, -0.1) is 0 Å². The lowest BCUT2D eigenvalue weighted by Crippen LogP contribution is -2.16. The van der Waals surface area contributed by atoms with E-state index in [4.69, 9.17) is 17.3 Å². The molecule has 0 aliphatic heterocycles. The van der Waals surface area contributed by atoms with Crippen LogP contribution in [0.2, 0.25) is 5.02 Å². The second-order valence-corrected chi connectivity index (χ2v) is 3.32. The average molecular weight is 199 g/mol. The summed E-state index contributed by atoms with van der Waals surface area (Å²) < 4.78 is 0. The molecule has 0 bridgehead atoms. The Kier molecular flexibility index (Phi) is 4.06. The molecule has 0 aliphatic carbocycles. The summed E-state index contributed by atoms with van der Waals surface area (Å²) in [5.74, 6) is 0. The van der Waals surface area contributed by atoms with Crippen molar-refractivity contribution in [2.24, 2.45) is 0 Å². The zero-order chi connectivity index (χ0) is 9.68. The fourth-order valence-corrected chi connectivity index (χ4v) is 1.39. The molecule has 1 aromatic rings. The van der Waals surface area contributed by atoms with Crippen LogP contribution in [-0.4, -0.2) is 13.1 Å². The highest BCUT2D eigenvalue weighted by molar-refractivity contribution is 6.33. The first-order chi connectivity index (χ1) is 6.25. The van der Waals surface area contributed by atoms with Crippen LogP contribution in [0.4, 0.5) is 5.69 Å². The SMILES string of the molecule is CCNCCc1cccc(Cl)c1N. The maximum Gasteiger partial charge on any atom is 0.0638 e. The Morgan fingerprint density at radius 2 is 2.23 bits per heavy atom. The Hall–Kier alpha value is -0.730. The third kappa shape index (κ3) is 2.90. The highest BCUT2D eigenvalue weighted by Gasteiger charge is 2.01. The van der Waals surface area contributed by atoms with Crippen LogP contribution in [0.25, 0.3) is 0 Å². The fraction of sp³-hybridized carbons (Fsp3) is 0.400. The Bertz CT molecular complexity index is 274. The molecule has 1 aromatic carbocycles. The van der Waals surface area contributed by atoms with Gasteiger partial charge in [0.1, 0.15) is 0 Å². The van der Waals surface area contributed by atoms with Crippen LogP contribution in [-0.2, 0) is 6.42 Å². The van der Waals surface area contributed by atoms with E-state index in [0.29, 0.717) is 10.7 Å². The third-order valence-electron chi connectivity index (χ3n) is 1.96. The van der Waals surface area contributed by atoms with E-state index >= 15 is 0 Å². The number of likely N-dealkylation sites (N-methyl/N-ethyl adjacent to an activating group) is 1. The molecule has 0 heterocycles. The van der Waals surface area contributed by atoms with Crippen LogP contribution < -0.4 is 11.1 Å². The summed E-state index contributed by atoms with van der Waals surface area (Å²) in [6.07, 6.45) is 0.931. The molecule has 0 amide bonds. The van der Waals surface area contributed by atoms with E-state index in [1.807, 2.05) is 18.2 Å². The van der Waals surface area contributed by atoms with Gasteiger partial charge in [-0.1, -0.05) is 30.7 Å². The molecule has 0 aromatic heterocycles. The Balaban J connectivity index is 2.61. The van der Waals surface area contributed by atoms with Crippen molar-refractivity contribution < 1.29 is 0 Å². The van der Waals surface area contributed by atoms with Gasteiger partial charge in [0.2, 0.25) is 0 Å². The minimum absolute atomic E-state index is 0.647. The minimum Gasteiger partial charge on any atom is -0.397 e. The maximum atomic E-state index is 5.88. The molecule has 2 nitrogen and oxygen atoms in total. The monoisotopic (exact) mass is 198 g/mol. The number of halogens is 1. The van der Waals surface area contributed by atoms with Gasteiger partial charge in [-0.3, -0.25) is 0 Å². The second-order valence-electron chi connectivity index (χ2n) is 2.92. The van der Waals surface area contributed by atoms with Crippen molar-refractivity contribution in [2.45, 2.75) is 13.3 Å². The van der Waals surface area contributed by atoms with Gasteiger partial charge >= 0.3 is 0 Å². The van der Waals surface area contributed by atoms with Crippen LogP contribution in [0.15, 0.2) is 18.2 Å². The van der Waals surface area contributed by atoms with Crippen LogP contribution in [0, 0.1) is 0 Å². The summed E-state index contributed by atoms with van der Waals surface area (Å²) in [6, 6.07) is 5.76. The zero-order valence-electron chi connectivity index (χ0n) is 7.81. The molecule has 0 atom stereocenters. The predicted octanol–water partition coefficient (Wildman–Crippen LogP) is 2.07. The lowest BCUT2D eigenvalue weighted by atomic mass is 10.1. The van der Waals surface area contributed by atoms with Crippen molar-refractivity contribution in [1.29, 1.82) is 0 Å². The fourth-order valence-electron chi connectivity index (χ4n) is 1.20. The number of para-hydroxylation sites is 1. The first-order valence-corrected chi connectivity index (χ1v) is 4.87. The molecule has 13 heavy (non-hydrogen) atoms. The number of hydrogen-bond donors (Lipinski definition) is 2. The summed E-state index contributed by atoms with van der Waals surface area (Å²) >= 11 is 5.88. The van der Waals surface area contributed by atoms with E-state index in [1.165, 1.54) is 0 Å². The summed E-state index contributed by atoms with van der Waals surface area (Å²) in [7, 11) is 0. The van der Waals surface area contributed by atoms with Crippen LogP contribution in [0.1, 0.15) is 12.5 Å². The molecule has 0 fully saturated rings. The first kappa shape index (κ1) is 10.4. The minimum atomic E-state index is 0.647. The van der Waals surface area contributed by atoms with Gasteiger partial charge in [-0.2, -0.15) is 0 Å². The summed E-state index contributed by atoms with van der Waals surface area (Å²) in [5, 5.41) is 3.89. The molecular formula is C10H15ClN2. The molecule has 3 N–H and O–H groups in total. The summed E-state index contributed by atoms with van der Waals surface area (Å²) in [6.45, 7) is 4.02. The van der Waals surface area contributed by atoms with Crippen LogP contribution in [0.3, 0.4) is 0 Å². The van der Waals surface area contributed by atoms with Crippen molar-refractivity contribution >= 4 is 17.3 Å². The molecule has 0 unspecified atom stereocenters. The van der Waals surface area contributed by atoms with Crippen molar-refractivity contribution in [2.75, 3.05) is 18.8 Å². The van der Waals surface area contributed by atoms with Gasteiger partial charge in [0.25, 0.3) is 0 Å². The average Bonchev–Trinajstić information content (AvgIpc) is 2.13. The number of anilines is 1. The molecule has 0 radical (unpaired) electrons. The van der Waals surface area contributed by atoms with E-state index in [2.05, 4.69) is 12.2 Å². The quantitative estimate of drug-likeness (QED) is 0.574. The molecule has 1 rings (SSSR count). The van der Waals surface area contributed by atoms with Gasteiger partial charge in [0.15, 0.2) is 0 Å². The highest BCUT2D eigenvalue weighted by atomic mass is 35.5. The number of benzene rings is 1. The summed E-state index contributed by atoms with van der Waals surface area (Å²) in [4.78, 5) is 0. The van der Waals surface area contributed by atoms with Gasteiger partial charge in [0, 0.05) is 0 Å². The molecule has 0 saturated carbocycles. The van der Waals surface area contributed by atoms with Crippen molar-refractivity contribution in [3.63, 3.8) is 0 Å². The Labute approximate surface area is 84.1 Å². The van der Waals surface area contributed by atoms with Crippen molar-refractivity contribution in [1.82, 2.24) is 5.32 Å². The first-order valence-electron chi connectivity index (χ1n) is 4.49. The van der Waals surface area contributed by atoms with Crippen LogP contribution >= 0.6 is 11.6 Å². The topological polar surface area (TPSA) is 38.0 Å². The Morgan fingerprint density at radius 1 is 1.46 bits per heavy atom. The molecule has 0 saturated heterocycles. The largest absolute Gasteiger partial charge is 0.397 e. The van der Waals surface area contributed by atoms with E-state index in [9.17, 15) is 0 Å². The number of nitrogens with two attached hydrogens (primary N) is 1. The van der Waals surface area contributed by atoms with Gasteiger partial charge in [-0.05, 0) is 31.1 Å². The number of nitrogens with one attached hydrogen (secondary N) is 1. The van der Waals surface area contributed by atoms with E-state index < -0.39 is 0 Å². The van der Waals surface area contributed by atoms with Gasteiger partial charge in [0.05, 0.1) is 10.7 Å². The standard InChI is InChI=1S/C10H15ClN2/c1-2-13-7-6-8-4-3-5-9(11)10(8)12/h3-5,13H,2,6-7,12H2,1H3. The normalized spacial score (nSPS) is 10.3. The maximum absolute atomic E-state index is 5.88. The third-order valence-corrected chi connectivity index (χ3v) is 2.29. The lowest BCUT2D eigenvalue weighted by Gasteiger charge is -2.06. The van der Waals surface area contributed by atoms with Gasteiger partial charge in [-0.25, -0.2) is 0 Å². The Morgan fingerprint density at radius 3 is 2.92 bits per heavy atom. The molecular weight excluding hydrogens is 184 g/mol. The zero-order valence-corrected chi connectivity index (χ0v) is 8.56. The summed E-state index contributed by atoms with van der Waals surface area (Å²) in [5.41, 5.74) is 7.63. The van der Waals surface area contributed by atoms with Crippen LogP contribution in [0.5, 0.6) is 0 Å². The van der Waals surface area contributed by atoms with E-state index in [0.717, 1.165) is 25.1 Å². The number of rotatable bonds is 4. The predicted molar refractivity (Wildman–Crippen MR) is 58.1 cm³/mol. The van der Waals surface area contributed by atoms with Crippen molar-refractivity contribution in [3.05, 3.63) is 28.8 Å². The van der Waals surface area contributed by atoms with Crippen molar-refractivity contribution in [3.8, 4) is 0 Å². The molecule has 0 aliphatic rings. The van der Waals surface area contributed by atoms with E-state index in [-0.39, 0.29) is 0 Å². The molecule has 3 heteroatoms. The number of hydrogen-bond acceptors (Lipinski definition) is 2.